The van der Waals surface area contributed by atoms with Crippen LogP contribution in [-0.2, 0) is 6.42 Å². The number of hydrogen-bond donors (Lipinski definition) is 0. The van der Waals surface area contributed by atoms with Crippen molar-refractivity contribution >= 4 is 11.6 Å². The van der Waals surface area contributed by atoms with Gasteiger partial charge < -0.3 is 4.74 Å². The highest BCUT2D eigenvalue weighted by Gasteiger charge is 2.37. The van der Waals surface area contributed by atoms with E-state index in [-0.39, 0.29) is 0 Å². The summed E-state index contributed by atoms with van der Waals surface area (Å²) in [6, 6.07) is 8.45. The van der Waals surface area contributed by atoms with Crippen LogP contribution in [0.25, 0.3) is 0 Å². The Morgan fingerprint density at radius 2 is 1.86 bits per heavy atom. The van der Waals surface area contributed by atoms with E-state index in [1.165, 1.54) is 31.2 Å². The third-order valence-corrected chi connectivity index (χ3v) is 5.74. The average Bonchev–Trinajstić information content (AvgIpc) is 2.45. The van der Waals surface area contributed by atoms with Crippen molar-refractivity contribution in [1.82, 2.24) is 0 Å². The third-order valence-electron chi connectivity index (χ3n) is 5.26. The lowest BCUT2D eigenvalue weighted by atomic mass is 9.66. The van der Waals surface area contributed by atoms with Crippen LogP contribution in [0.1, 0.15) is 52.0 Å². The van der Waals surface area contributed by atoms with E-state index in [0.717, 1.165) is 18.1 Å². The van der Waals surface area contributed by atoms with Crippen LogP contribution in [0.4, 0.5) is 0 Å². The number of hydrogen-bond acceptors (Lipinski definition) is 1. The van der Waals surface area contributed by atoms with Gasteiger partial charge in [0.2, 0.25) is 0 Å². The van der Waals surface area contributed by atoms with Gasteiger partial charge in [-0.05, 0) is 60.6 Å². The minimum Gasteiger partial charge on any atom is -0.497 e. The van der Waals surface area contributed by atoms with Crippen LogP contribution in [0, 0.1) is 17.3 Å². The van der Waals surface area contributed by atoms with Crippen molar-refractivity contribution < 1.29 is 4.74 Å². The number of alkyl halides is 1. The van der Waals surface area contributed by atoms with Crippen LogP contribution < -0.4 is 4.74 Å². The lowest BCUT2D eigenvalue weighted by Gasteiger charge is -2.42. The Balaban J connectivity index is 1.93. The summed E-state index contributed by atoms with van der Waals surface area (Å²) in [6.07, 6.45) is 6.11. The predicted molar refractivity (Wildman–Crippen MR) is 91.2 cm³/mol. The molecule has 3 unspecified atom stereocenters. The Bertz CT molecular complexity index is 437. The number of methoxy groups -OCH3 is 1. The van der Waals surface area contributed by atoms with Crippen LogP contribution in [-0.4, -0.2) is 12.5 Å². The number of aryl methyl sites for hydroxylation is 1. The van der Waals surface area contributed by atoms with Gasteiger partial charge in [-0.1, -0.05) is 39.3 Å². The summed E-state index contributed by atoms with van der Waals surface area (Å²) in [6.45, 7) is 7.12. The van der Waals surface area contributed by atoms with E-state index < -0.39 is 0 Å². The van der Waals surface area contributed by atoms with Gasteiger partial charge >= 0.3 is 0 Å². The smallest absolute Gasteiger partial charge is 0.118 e. The molecule has 1 fully saturated rings. The zero-order valence-electron chi connectivity index (χ0n) is 13.9. The van der Waals surface area contributed by atoms with E-state index in [1.807, 2.05) is 0 Å². The van der Waals surface area contributed by atoms with Crippen LogP contribution >= 0.6 is 11.6 Å². The van der Waals surface area contributed by atoms with E-state index in [4.69, 9.17) is 16.3 Å². The van der Waals surface area contributed by atoms with Crippen molar-refractivity contribution in [2.45, 2.75) is 58.3 Å². The molecule has 0 N–H and O–H groups in total. The SMILES string of the molecule is COc1ccc(CCC(C)(C)C2CCC(C)CC2Cl)cc1. The molecule has 0 radical (unpaired) electrons. The maximum Gasteiger partial charge on any atom is 0.118 e. The Kier molecular flexibility index (Phi) is 5.60. The molecule has 0 aromatic heterocycles. The van der Waals surface area contributed by atoms with Gasteiger partial charge in [-0.15, -0.1) is 11.6 Å². The van der Waals surface area contributed by atoms with Gasteiger partial charge in [0.15, 0.2) is 0 Å². The highest BCUT2D eigenvalue weighted by molar-refractivity contribution is 6.20. The second kappa shape index (κ2) is 7.05. The summed E-state index contributed by atoms with van der Waals surface area (Å²) in [7, 11) is 1.71. The first-order valence-corrected chi connectivity index (χ1v) is 8.63. The minimum atomic E-state index is 0.312. The molecule has 3 atom stereocenters. The molecule has 2 heteroatoms. The summed E-state index contributed by atoms with van der Waals surface area (Å²) in [5.74, 6) is 2.37. The van der Waals surface area contributed by atoms with Crippen LogP contribution in [0.5, 0.6) is 5.75 Å². The maximum absolute atomic E-state index is 6.67. The molecular weight excluding hydrogens is 280 g/mol. The van der Waals surface area contributed by atoms with Crippen molar-refractivity contribution in [2.24, 2.45) is 17.3 Å². The molecular formula is C19H29ClO. The summed E-state index contributed by atoms with van der Waals surface area (Å²) in [4.78, 5) is 0. The maximum atomic E-state index is 6.67. The Hall–Kier alpha value is -0.690. The molecule has 0 spiro atoms. The van der Waals surface area contributed by atoms with Gasteiger partial charge in [-0.2, -0.15) is 0 Å². The Morgan fingerprint density at radius 3 is 2.43 bits per heavy atom. The molecule has 2 rings (SSSR count). The predicted octanol–water partition coefficient (Wildman–Crippen LogP) is 5.70. The first kappa shape index (κ1) is 16.7. The second-order valence-corrected chi connectivity index (χ2v) is 7.94. The van der Waals surface area contributed by atoms with E-state index in [9.17, 15) is 0 Å². The highest BCUT2D eigenvalue weighted by atomic mass is 35.5. The van der Waals surface area contributed by atoms with Crippen molar-refractivity contribution in [3.05, 3.63) is 29.8 Å². The second-order valence-electron chi connectivity index (χ2n) is 7.38. The van der Waals surface area contributed by atoms with Crippen molar-refractivity contribution in [2.75, 3.05) is 7.11 Å². The zero-order chi connectivity index (χ0) is 15.5. The van der Waals surface area contributed by atoms with Crippen molar-refractivity contribution in [1.29, 1.82) is 0 Å². The van der Waals surface area contributed by atoms with Crippen LogP contribution in [0.15, 0.2) is 24.3 Å². The molecule has 1 nitrogen and oxygen atoms in total. The van der Waals surface area contributed by atoms with E-state index in [1.54, 1.807) is 7.11 Å². The molecule has 118 valence electrons. The van der Waals surface area contributed by atoms with Gasteiger partial charge in [-0.25, -0.2) is 0 Å². The lowest BCUT2D eigenvalue weighted by molar-refractivity contribution is 0.132. The van der Waals surface area contributed by atoms with Gasteiger partial charge in [0.05, 0.1) is 7.11 Å². The Labute approximate surface area is 135 Å². The van der Waals surface area contributed by atoms with Crippen LogP contribution in [0.3, 0.4) is 0 Å². The first-order chi connectivity index (χ1) is 9.92. The molecule has 0 aliphatic heterocycles. The minimum absolute atomic E-state index is 0.312. The number of ether oxygens (including phenoxy) is 1. The summed E-state index contributed by atoms with van der Waals surface area (Å²) < 4.78 is 5.22. The fourth-order valence-electron chi connectivity index (χ4n) is 3.64. The lowest BCUT2D eigenvalue weighted by Crippen LogP contribution is -2.36. The standard InChI is InChI=1S/C19H29ClO/c1-14-5-10-17(18(20)13-14)19(2,3)12-11-15-6-8-16(21-4)9-7-15/h6-9,14,17-18H,5,10-13H2,1-4H3. The molecule has 21 heavy (non-hydrogen) atoms. The van der Waals surface area contributed by atoms with E-state index in [2.05, 4.69) is 45.0 Å². The molecule has 0 saturated heterocycles. The third kappa shape index (κ3) is 4.39. The quantitative estimate of drug-likeness (QED) is 0.634. The molecule has 0 amide bonds. The van der Waals surface area contributed by atoms with Crippen LogP contribution in [0.2, 0.25) is 0 Å². The number of halogens is 1. The summed E-state index contributed by atoms with van der Waals surface area (Å²) in [5, 5.41) is 0.347. The number of rotatable bonds is 5. The van der Waals surface area contributed by atoms with E-state index >= 15 is 0 Å². The van der Waals surface area contributed by atoms with E-state index in [0.29, 0.717) is 16.7 Å². The van der Waals surface area contributed by atoms with Gasteiger partial charge in [0.25, 0.3) is 0 Å². The first-order valence-electron chi connectivity index (χ1n) is 8.19. The molecule has 1 aromatic carbocycles. The highest BCUT2D eigenvalue weighted by Crippen LogP contribution is 2.45. The van der Waals surface area contributed by atoms with Crippen molar-refractivity contribution in [3.63, 3.8) is 0 Å². The average molecular weight is 309 g/mol. The molecule has 1 aliphatic rings. The fourth-order valence-corrected chi connectivity index (χ4v) is 4.41. The molecule has 0 heterocycles. The zero-order valence-corrected chi connectivity index (χ0v) is 14.6. The monoisotopic (exact) mass is 308 g/mol. The Morgan fingerprint density at radius 1 is 1.19 bits per heavy atom. The molecule has 1 saturated carbocycles. The largest absolute Gasteiger partial charge is 0.497 e. The summed E-state index contributed by atoms with van der Waals surface area (Å²) in [5.41, 5.74) is 1.70. The summed E-state index contributed by atoms with van der Waals surface area (Å²) >= 11 is 6.67. The topological polar surface area (TPSA) is 9.23 Å². The number of benzene rings is 1. The molecule has 0 bridgehead atoms. The molecule has 1 aromatic rings. The van der Waals surface area contributed by atoms with Gasteiger partial charge in [0, 0.05) is 5.38 Å². The van der Waals surface area contributed by atoms with Gasteiger partial charge in [-0.3, -0.25) is 0 Å². The molecule has 1 aliphatic carbocycles. The normalized spacial score (nSPS) is 26.6. The van der Waals surface area contributed by atoms with Gasteiger partial charge in [0.1, 0.15) is 5.75 Å². The fraction of sp³-hybridized carbons (Fsp3) is 0.684. The van der Waals surface area contributed by atoms with Crippen molar-refractivity contribution in [3.8, 4) is 5.75 Å².